The minimum Gasteiger partial charge on any atom is -0.444 e. The third kappa shape index (κ3) is 4.02. The van der Waals surface area contributed by atoms with Crippen molar-refractivity contribution in [3.8, 4) is 6.07 Å². The topological polar surface area (TPSA) is 65.4 Å². The van der Waals surface area contributed by atoms with Crippen LogP contribution in [0, 0.1) is 11.3 Å². The first-order chi connectivity index (χ1) is 9.78. The van der Waals surface area contributed by atoms with Crippen LogP contribution in [0.1, 0.15) is 26.3 Å². The van der Waals surface area contributed by atoms with Crippen LogP contribution >= 0.6 is 11.6 Å². The Balaban J connectivity index is 1.86. The molecule has 0 aliphatic carbocycles. The van der Waals surface area contributed by atoms with Gasteiger partial charge in [0.15, 0.2) is 0 Å². The molecular formula is C15H18ClN3O2. The second-order valence-electron chi connectivity index (χ2n) is 6.03. The van der Waals surface area contributed by atoms with Crippen LogP contribution < -0.4 is 5.32 Å². The highest BCUT2D eigenvalue weighted by Crippen LogP contribution is 2.22. The van der Waals surface area contributed by atoms with Gasteiger partial charge >= 0.3 is 6.09 Å². The van der Waals surface area contributed by atoms with Gasteiger partial charge in [0.25, 0.3) is 0 Å². The molecular weight excluding hydrogens is 290 g/mol. The van der Waals surface area contributed by atoms with Gasteiger partial charge in [-0.2, -0.15) is 5.26 Å². The summed E-state index contributed by atoms with van der Waals surface area (Å²) >= 11 is 5.89. The van der Waals surface area contributed by atoms with Gasteiger partial charge in [0.1, 0.15) is 11.7 Å². The van der Waals surface area contributed by atoms with E-state index in [9.17, 15) is 4.79 Å². The average molecular weight is 308 g/mol. The lowest BCUT2D eigenvalue weighted by atomic mass is 10.1. The minimum atomic E-state index is -0.479. The van der Waals surface area contributed by atoms with Crippen molar-refractivity contribution in [2.24, 2.45) is 0 Å². The molecule has 1 aromatic rings. The molecule has 1 saturated heterocycles. The molecule has 2 rings (SSSR count). The molecule has 0 unspecified atom stereocenters. The first kappa shape index (κ1) is 15.5. The molecule has 0 bridgehead atoms. The zero-order chi connectivity index (χ0) is 15.6. The first-order valence-corrected chi connectivity index (χ1v) is 7.10. The normalized spacial score (nSPS) is 15.1. The molecule has 1 fully saturated rings. The van der Waals surface area contributed by atoms with E-state index in [2.05, 4.69) is 5.32 Å². The van der Waals surface area contributed by atoms with E-state index in [-0.39, 0.29) is 12.1 Å². The zero-order valence-corrected chi connectivity index (χ0v) is 13.1. The van der Waals surface area contributed by atoms with E-state index in [0.717, 1.165) is 5.69 Å². The summed E-state index contributed by atoms with van der Waals surface area (Å²) in [7, 11) is 0. The van der Waals surface area contributed by atoms with Crippen molar-refractivity contribution in [3.05, 3.63) is 28.8 Å². The predicted molar refractivity (Wildman–Crippen MR) is 81.4 cm³/mol. The van der Waals surface area contributed by atoms with Crippen LogP contribution in [0.2, 0.25) is 5.02 Å². The minimum absolute atomic E-state index is 0.158. The van der Waals surface area contributed by atoms with Gasteiger partial charge in [-0.1, -0.05) is 11.6 Å². The van der Waals surface area contributed by atoms with E-state index in [1.807, 2.05) is 32.9 Å². The van der Waals surface area contributed by atoms with Gasteiger partial charge in [-0.3, -0.25) is 0 Å². The molecule has 1 aliphatic rings. The summed E-state index contributed by atoms with van der Waals surface area (Å²) in [6, 6.07) is 7.41. The molecule has 6 heteroatoms. The van der Waals surface area contributed by atoms with Gasteiger partial charge in [-0.25, -0.2) is 4.79 Å². The smallest absolute Gasteiger partial charge is 0.410 e. The molecule has 0 atom stereocenters. The number of nitriles is 1. The number of ether oxygens (including phenoxy) is 1. The number of carbonyl (C=O) groups is 1. The number of benzene rings is 1. The number of hydrogen-bond acceptors (Lipinski definition) is 4. The van der Waals surface area contributed by atoms with Crippen LogP contribution in [0.3, 0.4) is 0 Å². The SMILES string of the molecule is CC(C)(C)OC(=O)N1CC(Nc2ccc(Cl)c(C#N)c2)C1. The van der Waals surface area contributed by atoms with Crippen LogP contribution in [-0.2, 0) is 4.74 Å². The Kier molecular flexibility index (Phi) is 4.29. The summed E-state index contributed by atoms with van der Waals surface area (Å²) in [5, 5.41) is 12.6. The molecule has 21 heavy (non-hydrogen) atoms. The summed E-state index contributed by atoms with van der Waals surface area (Å²) in [5.74, 6) is 0. The molecule has 1 aromatic carbocycles. The lowest BCUT2D eigenvalue weighted by Crippen LogP contribution is -2.57. The molecule has 112 valence electrons. The van der Waals surface area contributed by atoms with E-state index < -0.39 is 5.60 Å². The Labute approximate surface area is 129 Å². The van der Waals surface area contributed by atoms with Crippen LogP contribution in [-0.4, -0.2) is 35.7 Å². The molecule has 0 saturated carbocycles. The second-order valence-corrected chi connectivity index (χ2v) is 6.44. The monoisotopic (exact) mass is 307 g/mol. The number of rotatable bonds is 2. The van der Waals surface area contributed by atoms with Gasteiger partial charge < -0.3 is 15.0 Å². The number of nitrogens with zero attached hydrogens (tertiary/aromatic N) is 2. The fourth-order valence-corrected chi connectivity index (χ4v) is 2.14. The van der Waals surface area contributed by atoms with Crippen molar-refractivity contribution in [2.75, 3.05) is 18.4 Å². The highest BCUT2D eigenvalue weighted by atomic mass is 35.5. The molecule has 0 spiro atoms. The van der Waals surface area contributed by atoms with E-state index >= 15 is 0 Å². The Morgan fingerprint density at radius 1 is 1.48 bits per heavy atom. The van der Waals surface area contributed by atoms with Crippen molar-refractivity contribution in [2.45, 2.75) is 32.4 Å². The third-order valence-corrected chi connectivity index (χ3v) is 3.32. The van der Waals surface area contributed by atoms with Crippen LogP contribution in [0.25, 0.3) is 0 Å². The largest absolute Gasteiger partial charge is 0.444 e. The maximum Gasteiger partial charge on any atom is 0.410 e. The Morgan fingerprint density at radius 3 is 2.71 bits per heavy atom. The zero-order valence-electron chi connectivity index (χ0n) is 12.3. The number of carbonyl (C=O) groups excluding carboxylic acids is 1. The number of halogens is 1. The first-order valence-electron chi connectivity index (χ1n) is 6.72. The molecule has 0 radical (unpaired) electrons. The van der Waals surface area contributed by atoms with E-state index in [1.165, 1.54) is 0 Å². The number of hydrogen-bond donors (Lipinski definition) is 1. The highest BCUT2D eigenvalue weighted by Gasteiger charge is 2.33. The Hall–Kier alpha value is -1.93. The lowest BCUT2D eigenvalue weighted by Gasteiger charge is -2.40. The van der Waals surface area contributed by atoms with Crippen LogP contribution in [0.5, 0.6) is 0 Å². The summed E-state index contributed by atoms with van der Waals surface area (Å²) in [6.07, 6.45) is -0.297. The molecule has 1 amide bonds. The van der Waals surface area contributed by atoms with Crippen LogP contribution in [0.15, 0.2) is 18.2 Å². The average Bonchev–Trinajstić information content (AvgIpc) is 2.32. The summed E-state index contributed by atoms with van der Waals surface area (Å²) in [4.78, 5) is 13.4. The maximum absolute atomic E-state index is 11.8. The van der Waals surface area contributed by atoms with E-state index in [0.29, 0.717) is 23.7 Å². The van der Waals surface area contributed by atoms with Gasteiger partial charge in [0.2, 0.25) is 0 Å². The molecule has 0 aromatic heterocycles. The van der Waals surface area contributed by atoms with E-state index in [1.54, 1.807) is 17.0 Å². The number of amides is 1. The summed E-state index contributed by atoms with van der Waals surface area (Å²) in [6.45, 7) is 6.70. The van der Waals surface area contributed by atoms with Gasteiger partial charge in [-0.05, 0) is 39.0 Å². The predicted octanol–water partition coefficient (Wildman–Crippen LogP) is 3.24. The summed E-state index contributed by atoms with van der Waals surface area (Å²) < 4.78 is 5.29. The van der Waals surface area contributed by atoms with Gasteiger partial charge in [0.05, 0.1) is 16.6 Å². The number of anilines is 1. The Bertz CT molecular complexity index is 584. The van der Waals surface area contributed by atoms with Crippen molar-refractivity contribution < 1.29 is 9.53 Å². The summed E-state index contributed by atoms with van der Waals surface area (Å²) in [5.41, 5.74) is 0.780. The fourth-order valence-electron chi connectivity index (χ4n) is 1.98. The fraction of sp³-hybridized carbons (Fsp3) is 0.467. The molecule has 1 N–H and O–H groups in total. The highest BCUT2D eigenvalue weighted by molar-refractivity contribution is 6.31. The van der Waals surface area contributed by atoms with Crippen molar-refractivity contribution >= 4 is 23.4 Å². The van der Waals surface area contributed by atoms with Crippen molar-refractivity contribution in [1.82, 2.24) is 4.90 Å². The Morgan fingerprint density at radius 2 is 2.14 bits per heavy atom. The van der Waals surface area contributed by atoms with E-state index in [4.69, 9.17) is 21.6 Å². The van der Waals surface area contributed by atoms with Crippen molar-refractivity contribution in [3.63, 3.8) is 0 Å². The number of likely N-dealkylation sites (tertiary alicyclic amines) is 1. The maximum atomic E-state index is 11.8. The van der Waals surface area contributed by atoms with Crippen LogP contribution in [0.4, 0.5) is 10.5 Å². The van der Waals surface area contributed by atoms with Gasteiger partial charge in [0, 0.05) is 18.8 Å². The quantitative estimate of drug-likeness (QED) is 0.911. The van der Waals surface area contributed by atoms with Gasteiger partial charge in [-0.15, -0.1) is 0 Å². The van der Waals surface area contributed by atoms with Crippen molar-refractivity contribution in [1.29, 1.82) is 5.26 Å². The molecule has 1 heterocycles. The second kappa shape index (κ2) is 5.82. The number of nitrogens with one attached hydrogen (secondary N) is 1. The third-order valence-electron chi connectivity index (χ3n) is 2.99. The lowest BCUT2D eigenvalue weighted by molar-refractivity contribution is 0.0105. The molecule has 5 nitrogen and oxygen atoms in total. The standard InChI is InChI=1S/C15H18ClN3O2/c1-15(2,3)21-14(20)19-8-12(9-19)18-11-4-5-13(16)10(6-11)7-17/h4-6,12,18H,8-9H2,1-3H3. The molecule has 1 aliphatic heterocycles.